The van der Waals surface area contributed by atoms with E-state index in [1.54, 1.807) is 30.1 Å². The molecule has 1 aromatic rings. The Morgan fingerprint density at radius 2 is 2.33 bits per heavy atom. The molecule has 0 spiro atoms. The number of amides is 1. The first-order chi connectivity index (χ1) is 8.52. The highest BCUT2D eigenvalue weighted by Crippen LogP contribution is 2.24. The molecule has 6 heteroatoms. The zero-order valence-electron chi connectivity index (χ0n) is 10.1. The normalized spacial score (nSPS) is 10.1. The topological polar surface area (TPSA) is 82.2 Å². The number of anilines is 2. The van der Waals surface area contributed by atoms with Crippen LogP contribution in [-0.2, 0) is 4.79 Å². The molecule has 0 aliphatic carbocycles. The maximum atomic E-state index is 11.7. The minimum Gasteiger partial charge on any atom is -0.399 e. The summed E-state index contributed by atoms with van der Waals surface area (Å²) in [6, 6.07) is 7.24. The Hall–Kier alpha value is -1.58. The molecule has 0 saturated heterocycles. The second-order valence-corrected chi connectivity index (χ2v) is 4.79. The van der Waals surface area contributed by atoms with Gasteiger partial charge in [-0.05, 0) is 41.2 Å². The van der Waals surface area contributed by atoms with E-state index < -0.39 is 0 Å². The summed E-state index contributed by atoms with van der Waals surface area (Å²) in [5, 5.41) is 11.2. The third-order valence-corrected chi connectivity index (χ3v) is 2.94. The van der Waals surface area contributed by atoms with Crippen LogP contribution >= 0.6 is 15.9 Å². The molecule has 1 amide bonds. The van der Waals surface area contributed by atoms with Gasteiger partial charge in [0.25, 0.3) is 0 Å². The first-order valence-electron chi connectivity index (χ1n) is 5.43. The molecular formula is C12H15BrN4O. The summed E-state index contributed by atoms with van der Waals surface area (Å²) >= 11 is 3.33. The molecule has 0 aliphatic rings. The minimum atomic E-state index is -0.124. The summed E-state index contributed by atoms with van der Waals surface area (Å²) in [6.07, 6.45) is 0.412. The predicted molar refractivity (Wildman–Crippen MR) is 74.9 cm³/mol. The Labute approximate surface area is 115 Å². The highest BCUT2D eigenvalue weighted by Gasteiger charge is 2.08. The molecule has 0 aliphatic heterocycles. The van der Waals surface area contributed by atoms with Crippen molar-refractivity contribution in [1.29, 1.82) is 5.26 Å². The number of carbonyl (C=O) groups is 1. The van der Waals surface area contributed by atoms with Crippen molar-refractivity contribution in [3.63, 3.8) is 0 Å². The fraction of sp³-hybridized carbons (Fsp3) is 0.333. The largest absolute Gasteiger partial charge is 0.399 e. The van der Waals surface area contributed by atoms with E-state index >= 15 is 0 Å². The SMILES string of the molecule is CN(CCC#N)CC(=O)Nc1ccc(N)cc1Br. The summed E-state index contributed by atoms with van der Waals surface area (Å²) in [5.74, 6) is -0.124. The minimum absolute atomic E-state index is 0.124. The van der Waals surface area contributed by atoms with Gasteiger partial charge < -0.3 is 11.1 Å². The van der Waals surface area contributed by atoms with Crippen molar-refractivity contribution in [3.8, 4) is 6.07 Å². The van der Waals surface area contributed by atoms with Gasteiger partial charge >= 0.3 is 0 Å². The molecule has 96 valence electrons. The van der Waals surface area contributed by atoms with Crippen LogP contribution in [0.25, 0.3) is 0 Å². The van der Waals surface area contributed by atoms with Crippen LogP contribution in [0.1, 0.15) is 6.42 Å². The Balaban J connectivity index is 2.52. The van der Waals surface area contributed by atoms with Gasteiger partial charge in [0.15, 0.2) is 0 Å². The quantitative estimate of drug-likeness (QED) is 0.813. The van der Waals surface area contributed by atoms with Gasteiger partial charge in [-0.1, -0.05) is 0 Å². The highest BCUT2D eigenvalue weighted by molar-refractivity contribution is 9.10. The van der Waals surface area contributed by atoms with Gasteiger partial charge in [-0.15, -0.1) is 0 Å². The van der Waals surface area contributed by atoms with Crippen molar-refractivity contribution < 1.29 is 4.79 Å². The van der Waals surface area contributed by atoms with Crippen LogP contribution < -0.4 is 11.1 Å². The van der Waals surface area contributed by atoms with Crippen molar-refractivity contribution in [1.82, 2.24) is 4.90 Å². The molecule has 18 heavy (non-hydrogen) atoms. The van der Waals surface area contributed by atoms with Crippen LogP contribution in [0.4, 0.5) is 11.4 Å². The van der Waals surface area contributed by atoms with Crippen LogP contribution in [0.15, 0.2) is 22.7 Å². The Bertz CT molecular complexity index is 470. The molecule has 0 heterocycles. The molecule has 1 rings (SSSR count). The van der Waals surface area contributed by atoms with Gasteiger partial charge in [-0.25, -0.2) is 0 Å². The van der Waals surface area contributed by atoms with Gasteiger partial charge in [-0.2, -0.15) is 5.26 Å². The van der Waals surface area contributed by atoms with E-state index in [-0.39, 0.29) is 12.5 Å². The Kier molecular flexibility index (Phi) is 5.62. The molecular weight excluding hydrogens is 296 g/mol. The van der Waals surface area contributed by atoms with E-state index in [0.29, 0.717) is 24.3 Å². The van der Waals surface area contributed by atoms with E-state index in [2.05, 4.69) is 21.2 Å². The first kappa shape index (κ1) is 14.5. The fourth-order valence-corrected chi connectivity index (χ4v) is 1.88. The maximum Gasteiger partial charge on any atom is 0.238 e. The van der Waals surface area contributed by atoms with Gasteiger partial charge in [0.05, 0.1) is 18.3 Å². The number of likely N-dealkylation sites (N-methyl/N-ethyl adjacent to an activating group) is 1. The summed E-state index contributed by atoms with van der Waals surface area (Å²) in [6.45, 7) is 0.825. The lowest BCUT2D eigenvalue weighted by Gasteiger charge is -2.15. The third-order valence-electron chi connectivity index (χ3n) is 2.29. The second kappa shape index (κ2) is 6.99. The van der Waals surface area contributed by atoms with E-state index in [1.165, 1.54) is 0 Å². The van der Waals surface area contributed by atoms with Crippen molar-refractivity contribution in [2.75, 3.05) is 31.2 Å². The molecule has 0 fully saturated rings. The average molecular weight is 311 g/mol. The van der Waals surface area contributed by atoms with E-state index in [4.69, 9.17) is 11.0 Å². The number of halogens is 1. The van der Waals surface area contributed by atoms with Gasteiger partial charge in [-0.3, -0.25) is 9.69 Å². The Morgan fingerprint density at radius 1 is 1.61 bits per heavy atom. The number of nitrogens with one attached hydrogen (secondary N) is 1. The van der Waals surface area contributed by atoms with Gasteiger partial charge in [0, 0.05) is 23.1 Å². The zero-order valence-corrected chi connectivity index (χ0v) is 11.7. The molecule has 0 bridgehead atoms. The van der Waals surface area contributed by atoms with E-state index in [9.17, 15) is 4.79 Å². The number of carbonyl (C=O) groups excluding carboxylic acids is 1. The van der Waals surface area contributed by atoms with Crippen LogP contribution in [0.3, 0.4) is 0 Å². The molecule has 0 unspecified atom stereocenters. The lowest BCUT2D eigenvalue weighted by atomic mass is 10.3. The second-order valence-electron chi connectivity index (χ2n) is 3.93. The lowest BCUT2D eigenvalue weighted by Crippen LogP contribution is -2.30. The first-order valence-corrected chi connectivity index (χ1v) is 6.22. The molecule has 0 aromatic heterocycles. The zero-order chi connectivity index (χ0) is 13.5. The number of benzene rings is 1. The molecule has 3 N–H and O–H groups in total. The number of nitrogens with two attached hydrogens (primary N) is 1. The van der Waals surface area contributed by atoms with Crippen LogP contribution in [-0.4, -0.2) is 30.9 Å². The summed E-state index contributed by atoms with van der Waals surface area (Å²) < 4.78 is 0.746. The summed E-state index contributed by atoms with van der Waals surface area (Å²) in [5.41, 5.74) is 6.93. The third kappa shape index (κ3) is 4.73. The average Bonchev–Trinajstić information content (AvgIpc) is 2.30. The molecule has 0 radical (unpaired) electrons. The van der Waals surface area contributed by atoms with Crippen LogP contribution in [0, 0.1) is 11.3 Å². The highest BCUT2D eigenvalue weighted by atomic mass is 79.9. The molecule has 0 saturated carbocycles. The number of nitrogens with zero attached hydrogens (tertiary/aromatic N) is 2. The molecule has 0 atom stereocenters. The smallest absolute Gasteiger partial charge is 0.238 e. The fourth-order valence-electron chi connectivity index (χ4n) is 1.39. The number of hydrogen-bond acceptors (Lipinski definition) is 4. The number of nitrogen functional groups attached to an aromatic ring is 1. The van der Waals surface area contributed by atoms with Crippen LogP contribution in [0.5, 0.6) is 0 Å². The summed E-state index contributed by atoms with van der Waals surface area (Å²) in [7, 11) is 1.80. The van der Waals surface area contributed by atoms with Gasteiger partial charge in [0.2, 0.25) is 5.91 Å². The molecule has 5 nitrogen and oxygen atoms in total. The predicted octanol–water partition coefficient (Wildman–Crippen LogP) is 1.82. The Morgan fingerprint density at radius 3 is 2.94 bits per heavy atom. The molecule has 1 aromatic carbocycles. The van der Waals surface area contributed by atoms with Crippen molar-refractivity contribution in [2.24, 2.45) is 0 Å². The van der Waals surface area contributed by atoms with Crippen molar-refractivity contribution >= 4 is 33.2 Å². The maximum absolute atomic E-state index is 11.7. The van der Waals surface area contributed by atoms with E-state index in [1.807, 2.05) is 6.07 Å². The lowest BCUT2D eigenvalue weighted by molar-refractivity contribution is -0.117. The van der Waals surface area contributed by atoms with E-state index in [0.717, 1.165) is 4.47 Å². The number of rotatable bonds is 5. The number of hydrogen-bond donors (Lipinski definition) is 2. The number of nitriles is 1. The summed E-state index contributed by atoms with van der Waals surface area (Å²) in [4.78, 5) is 13.5. The van der Waals surface area contributed by atoms with Crippen molar-refractivity contribution in [3.05, 3.63) is 22.7 Å². The van der Waals surface area contributed by atoms with Crippen molar-refractivity contribution in [2.45, 2.75) is 6.42 Å². The monoisotopic (exact) mass is 310 g/mol. The van der Waals surface area contributed by atoms with Crippen LogP contribution in [0.2, 0.25) is 0 Å². The van der Waals surface area contributed by atoms with Gasteiger partial charge in [0.1, 0.15) is 0 Å². The standard InChI is InChI=1S/C12H15BrN4O/c1-17(6-2-5-14)8-12(18)16-11-4-3-9(15)7-10(11)13/h3-4,7H,2,6,8,15H2,1H3,(H,16,18).